The van der Waals surface area contributed by atoms with E-state index < -0.39 is 10.3 Å². The zero-order valence-corrected chi connectivity index (χ0v) is 21.2. The molecule has 0 aliphatic carbocycles. The number of anilines is 1. The molecule has 9 heteroatoms. The first kappa shape index (κ1) is 24.3. The van der Waals surface area contributed by atoms with E-state index in [0.29, 0.717) is 25.1 Å². The summed E-state index contributed by atoms with van der Waals surface area (Å²) in [5.41, 5.74) is 4.69. The lowest BCUT2D eigenvalue weighted by atomic mass is 9.98. The highest BCUT2D eigenvalue weighted by Gasteiger charge is 2.23. The number of fused-ring (bicyclic) bond motifs is 1. The maximum absolute atomic E-state index is 13.3. The van der Waals surface area contributed by atoms with Gasteiger partial charge in [-0.25, -0.2) is 0 Å². The SMILES string of the molecule is CCN(Cc1cccc(Br)c1)c1cccc(C(=O)N2CCc3ccc(OS(N)(=O)=O)cc3C2)c1. The summed E-state index contributed by atoms with van der Waals surface area (Å²) < 4.78 is 28.3. The molecule has 0 saturated heterocycles. The van der Waals surface area contributed by atoms with Gasteiger partial charge in [-0.15, -0.1) is 0 Å². The van der Waals surface area contributed by atoms with Crippen LogP contribution in [0.25, 0.3) is 0 Å². The summed E-state index contributed by atoms with van der Waals surface area (Å²) in [5, 5.41) is 4.98. The van der Waals surface area contributed by atoms with E-state index in [1.807, 2.05) is 42.5 Å². The second-order valence-electron chi connectivity index (χ2n) is 8.18. The third-order valence-corrected chi connectivity index (χ3v) is 6.71. The summed E-state index contributed by atoms with van der Waals surface area (Å²) in [5.74, 6) is 0.0764. The highest BCUT2D eigenvalue weighted by atomic mass is 79.9. The van der Waals surface area contributed by atoms with Gasteiger partial charge < -0.3 is 14.0 Å². The molecule has 3 aromatic rings. The summed E-state index contributed by atoms with van der Waals surface area (Å²) in [7, 11) is -4.11. The molecule has 0 spiro atoms. The number of halogens is 1. The van der Waals surface area contributed by atoms with Gasteiger partial charge in [0.1, 0.15) is 5.75 Å². The average molecular weight is 544 g/mol. The predicted octanol–water partition coefficient (Wildman–Crippen LogP) is 4.26. The minimum absolute atomic E-state index is 0.0659. The minimum atomic E-state index is -4.11. The molecule has 0 aromatic heterocycles. The fourth-order valence-corrected chi connectivity index (χ4v) is 4.97. The Labute approximate surface area is 208 Å². The lowest BCUT2D eigenvalue weighted by Crippen LogP contribution is -2.36. The summed E-state index contributed by atoms with van der Waals surface area (Å²) in [6.07, 6.45) is 0.681. The lowest BCUT2D eigenvalue weighted by molar-refractivity contribution is 0.0734. The fraction of sp³-hybridized carbons (Fsp3) is 0.240. The molecule has 178 valence electrons. The van der Waals surface area contributed by atoms with Crippen molar-refractivity contribution >= 4 is 37.8 Å². The van der Waals surface area contributed by atoms with Gasteiger partial charge in [0.2, 0.25) is 0 Å². The smallest absolute Gasteiger partial charge is 0.371 e. The van der Waals surface area contributed by atoms with Crippen LogP contribution in [0.15, 0.2) is 71.2 Å². The second kappa shape index (κ2) is 10.2. The molecule has 1 amide bonds. The molecule has 4 rings (SSSR count). The van der Waals surface area contributed by atoms with Gasteiger partial charge in [-0.1, -0.05) is 40.2 Å². The summed E-state index contributed by atoms with van der Waals surface area (Å²) in [6.45, 7) is 4.58. The van der Waals surface area contributed by atoms with Crippen LogP contribution in [0.5, 0.6) is 5.75 Å². The van der Waals surface area contributed by atoms with E-state index in [2.05, 4.69) is 39.9 Å². The first-order valence-electron chi connectivity index (χ1n) is 10.9. The van der Waals surface area contributed by atoms with Crippen molar-refractivity contribution < 1.29 is 17.4 Å². The Morgan fingerprint density at radius 3 is 2.62 bits per heavy atom. The van der Waals surface area contributed by atoms with E-state index in [4.69, 9.17) is 9.32 Å². The van der Waals surface area contributed by atoms with Crippen molar-refractivity contribution in [2.75, 3.05) is 18.0 Å². The van der Waals surface area contributed by atoms with E-state index in [1.54, 1.807) is 17.0 Å². The number of nitrogens with two attached hydrogens (primary N) is 1. The van der Waals surface area contributed by atoms with Crippen molar-refractivity contribution in [1.82, 2.24) is 4.90 Å². The van der Waals surface area contributed by atoms with Crippen molar-refractivity contribution in [2.24, 2.45) is 5.14 Å². The van der Waals surface area contributed by atoms with Crippen LogP contribution in [-0.2, 0) is 29.8 Å². The molecule has 34 heavy (non-hydrogen) atoms. The van der Waals surface area contributed by atoms with Crippen LogP contribution >= 0.6 is 15.9 Å². The number of carbonyl (C=O) groups excluding carboxylic acids is 1. The highest BCUT2D eigenvalue weighted by Crippen LogP contribution is 2.27. The third kappa shape index (κ3) is 5.97. The summed E-state index contributed by atoms with van der Waals surface area (Å²) >= 11 is 3.52. The molecule has 7 nitrogen and oxygen atoms in total. The first-order chi connectivity index (χ1) is 16.2. The highest BCUT2D eigenvalue weighted by molar-refractivity contribution is 9.10. The van der Waals surface area contributed by atoms with Crippen LogP contribution in [0.2, 0.25) is 0 Å². The summed E-state index contributed by atoms with van der Waals surface area (Å²) in [4.78, 5) is 17.3. The molecule has 0 saturated carbocycles. The van der Waals surface area contributed by atoms with E-state index in [0.717, 1.165) is 34.4 Å². The Hall–Kier alpha value is -2.88. The van der Waals surface area contributed by atoms with E-state index in [9.17, 15) is 13.2 Å². The molecule has 2 N–H and O–H groups in total. The van der Waals surface area contributed by atoms with Gasteiger partial charge in [0.25, 0.3) is 5.91 Å². The van der Waals surface area contributed by atoms with Crippen molar-refractivity contribution in [3.05, 3.63) is 93.5 Å². The predicted molar refractivity (Wildman–Crippen MR) is 136 cm³/mol. The Kier molecular flexibility index (Phi) is 7.25. The van der Waals surface area contributed by atoms with Crippen molar-refractivity contribution in [1.29, 1.82) is 0 Å². The standard InChI is InChI=1S/C25H26BrN3O4S/c1-2-28(16-18-5-3-7-22(26)13-18)23-8-4-6-20(14-23)25(30)29-12-11-19-9-10-24(15-21(19)17-29)33-34(27,31)32/h3-10,13-15H,2,11-12,16-17H2,1H3,(H2,27,31,32). The van der Waals surface area contributed by atoms with E-state index in [1.165, 1.54) is 5.56 Å². The number of hydrogen-bond donors (Lipinski definition) is 1. The molecular weight excluding hydrogens is 518 g/mol. The normalized spacial score (nSPS) is 13.3. The molecule has 0 radical (unpaired) electrons. The Bertz CT molecular complexity index is 1310. The van der Waals surface area contributed by atoms with Gasteiger partial charge in [0.15, 0.2) is 0 Å². The average Bonchev–Trinajstić information content (AvgIpc) is 2.80. The van der Waals surface area contributed by atoms with Crippen LogP contribution < -0.4 is 14.2 Å². The number of benzene rings is 3. The molecule has 0 bridgehead atoms. The van der Waals surface area contributed by atoms with Gasteiger partial charge in [0, 0.05) is 41.9 Å². The van der Waals surface area contributed by atoms with Crippen LogP contribution in [-0.4, -0.2) is 32.3 Å². The maximum Gasteiger partial charge on any atom is 0.380 e. The number of rotatable bonds is 7. The van der Waals surface area contributed by atoms with Crippen molar-refractivity contribution in [2.45, 2.75) is 26.4 Å². The Morgan fingerprint density at radius 2 is 1.88 bits per heavy atom. The lowest BCUT2D eigenvalue weighted by Gasteiger charge is -2.30. The van der Waals surface area contributed by atoms with Gasteiger partial charge >= 0.3 is 10.3 Å². The monoisotopic (exact) mass is 543 g/mol. The van der Waals surface area contributed by atoms with Crippen LogP contribution in [0.3, 0.4) is 0 Å². The van der Waals surface area contributed by atoms with Crippen LogP contribution in [0.4, 0.5) is 5.69 Å². The number of carbonyl (C=O) groups is 1. The third-order valence-electron chi connectivity index (χ3n) is 5.79. The maximum atomic E-state index is 13.3. The topological polar surface area (TPSA) is 92.9 Å². The zero-order chi connectivity index (χ0) is 24.3. The zero-order valence-electron chi connectivity index (χ0n) is 18.8. The largest absolute Gasteiger partial charge is 0.380 e. The number of hydrogen-bond acceptors (Lipinski definition) is 5. The first-order valence-corrected chi connectivity index (χ1v) is 13.2. The molecular formula is C25H26BrN3O4S. The molecule has 0 atom stereocenters. The Morgan fingerprint density at radius 1 is 1.09 bits per heavy atom. The van der Waals surface area contributed by atoms with Gasteiger partial charge in [0.05, 0.1) is 0 Å². The van der Waals surface area contributed by atoms with E-state index >= 15 is 0 Å². The Balaban J connectivity index is 1.51. The fourth-order valence-electron chi connectivity index (χ4n) is 4.15. The number of nitrogens with zero attached hydrogens (tertiary/aromatic N) is 2. The van der Waals surface area contributed by atoms with Gasteiger partial charge in [-0.3, -0.25) is 4.79 Å². The quantitative estimate of drug-likeness (QED) is 0.480. The molecule has 1 heterocycles. The van der Waals surface area contributed by atoms with Crippen molar-refractivity contribution in [3.63, 3.8) is 0 Å². The van der Waals surface area contributed by atoms with E-state index in [-0.39, 0.29) is 11.7 Å². The van der Waals surface area contributed by atoms with Crippen LogP contribution in [0.1, 0.15) is 34.0 Å². The molecule has 3 aromatic carbocycles. The number of amides is 1. The minimum Gasteiger partial charge on any atom is -0.371 e. The van der Waals surface area contributed by atoms with Crippen LogP contribution in [0, 0.1) is 0 Å². The van der Waals surface area contributed by atoms with Crippen molar-refractivity contribution in [3.8, 4) is 5.75 Å². The summed E-state index contributed by atoms with van der Waals surface area (Å²) in [6, 6.07) is 20.9. The second-order valence-corrected chi connectivity index (χ2v) is 10.2. The molecule has 1 aliphatic rings. The molecule has 1 aliphatic heterocycles. The molecule has 0 unspecified atom stereocenters. The van der Waals surface area contributed by atoms with Gasteiger partial charge in [-0.2, -0.15) is 13.6 Å². The van der Waals surface area contributed by atoms with Gasteiger partial charge in [-0.05, 0) is 72.5 Å². The molecule has 0 fully saturated rings.